The Morgan fingerprint density at radius 1 is 0.362 bits per heavy atom. The highest BCUT2D eigenvalue weighted by Crippen LogP contribution is 2.56. The summed E-state index contributed by atoms with van der Waals surface area (Å²) in [6.07, 6.45) is 24.0. The van der Waals surface area contributed by atoms with E-state index < -0.39 is 33.6 Å². The number of hydrogen-bond acceptors (Lipinski definition) is 21. The van der Waals surface area contributed by atoms with Gasteiger partial charge >= 0.3 is 15.6 Å². The Morgan fingerprint density at radius 2 is 0.664 bits per heavy atom. The smallest absolute Gasteiger partial charge is 0.477 e. The number of thiophene rings is 1. The number of benzene rings is 9. The van der Waals surface area contributed by atoms with Gasteiger partial charge < -0.3 is 76.5 Å². The number of fused-ring (bicyclic) bond motifs is 15. The number of aromatic amines is 3. The molecule has 9 aromatic carbocycles. The maximum atomic E-state index is 14.2. The van der Waals surface area contributed by atoms with Crippen LogP contribution in [0.3, 0.4) is 0 Å². The number of nitrogens with one attached hydrogen (secondary N) is 3. The Hall–Kier alpha value is -12.9. The summed E-state index contributed by atoms with van der Waals surface area (Å²) < 4.78 is 102. The molecule has 5 N–H and O–H groups in total. The van der Waals surface area contributed by atoms with E-state index in [0.29, 0.717) is 100 Å². The van der Waals surface area contributed by atoms with Gasteiger partial charge in [-0.3, -0.25) is 42.1 Å². The molecule has 5 aliphatic carbocycles. The van der Waals surface area contributed by atoms with E-state index in [1.807, 2.05) is 129 Å². The second kappa shape index (κ2) is 47.6. The number of pyridine rings is 5. The monoisotopic (exact) mass is 2080 g/mol. The van der Waals surface area contributed by atoms with Crippen LogP contribution in [0.15, 0.2) is 187 Å². The first-order chi connectivity index (χ1) is 71.6. The third-order valence-corrected chi connectivity index (χ3v) is 30.3. The molecule has 0 aliphatic heterocycles. The molecule has 30 heteroatoms. The Morgan fingerprint density at radius 3 is 0.993 bits per heavy atom. The minimum absolute atomic E-state index is 0.0726. The molecule has 0 radical (unpaired) electrons. The number of phosphoric ester groups is 2. The summed E-state index contributed by atoms with van der Waals surface area (Å²) in [7, 11) is -2.30. The van der Waals surface area contributed by atoms with E-state index in [2.05, 4.69) is 53.9 Å². The van der Waals surface area contributed by atoms with Gasteiger partial charge in [0.2, 0.25) is 0 Å². The van der Waals surface area contributed by atoms with Crippen LogP contribution in [-0.4, -0.2) is 107 Å². The van der Waals surface area contributed by atoms with E-state index >= 15 is 0 Å². The summed E-state index contributed by atoms with van der Waals surface area (Å²) in [5.74, 6) is 6.48. The first kappa shape index (κ1) is 109. The van der Waals surface area contributed by atoms with E-state index in [4.69, 9.17) is 60.7 Å². The SMILES string of the molecule is CCCOc1cc2c(c3c(=O)c(-c4ccc(OC)cc4)c(C)[nH]c13)CCC2.CCCOc1cc2c(c3c(=O)c(-c4ccc(OC)cc4)c[nH]c13)CCC2.CCCOc1cc2c(c3c(=O)c(-c4ccc(OC)cc4)cn(COP(=O)(O)O)c13)CCC2.CCCOc1cc2c(c3c(=O)c(-c4ccc(OC)cc4)cn(COP(=O)(OC(C)(C)C)OC(C)(C)C)c13)CCC2.CCCOc1cc2c(c3c(=O)c(-c4ccsc4)c(C)[nH]c13)CCC2. The molecule has 27 nitrogen and oxygen atoms in total. The third kappa shape index (κ3) is 24.4. The second-order valence-corrected chi connectivity index (χ2v) is 43.7. The van der Waals surface area contributed by atoms with E-state index in [0.717, 1.165) is 257 Å². The quantitative estimate of drug-likeness (QED) is 0.0245. The van der Waals surface area contributed by atoms with Gasteiger partial charge in [-0.1, -0.05) is 83.1 Å². The summed E-state index contributed by atoms with van der Waals surface area (Å²) in [5, 5.41) is 7.62. The fourth-order valence-electron chi connectivity index (χ4n) is 20.7. The van der Waals surface area contributed by atoms with E-state index in [1.54, 1.807) is 133 Å². The van der Waals surface area contributed by atoms with Crippen LogP contribution < -0.4 is 69.8 Å². The van der Waals surface area contributed by atoms with Gasteiger partial charge in [0.25, 0.3) is 0 Å². The van der Waals surface area contributed by atoms with Crippen molar-refractivity contribution in [2.45, 2.75) is 243 Å². The lowest BCUT2D eigenvalue weighted by molar-refractivity contribution is -0.00578. The number of hydrogen-bond donors (Lipinski definition) is 5. The minimum atomic E-state index is -4.73. The average molecular weight is 2080 g/mol. The molecule has 0 amide bonds. The molecular weight excluding hydrogens is 1950 g/mol. The molecule has 5 aliphatic rings. The lowest BCUT2D eigenvalue weighted by Crippen LogP contribution is -2.25. The fraction of sp³-hybridized carbons (Fsp3) is 0.387. The Kier molecular flexibility index (Phi) is 34.7. The van der Waals surface area contributed by atoms with Crippen LogP contribution in [0, 0.1) is 13.8 Å². The Bertz CT molecular complexity index is 7830. The normalized spacial score (nSPS) is 13.4. The molecule has 0 atom stereocenters. The Labute approximate surface area is 872 Å². The van der Waals surface area contributed by atoms with Gasteiger partial charge in [-0.25, -0.2) is 9.13 Å². The fourth-order valence-corrected chi connectivity index (χ4v) is 23.3. The van der Waals surface area contributed by atoms with Gasteiger partial charge in [0.15, 0.2) is 27.1 Å². The number of phosphoric acid groups is 2. The molecule has 6 aromatic heterocycles. The Balaban J connectivity index is 0.000000134. The van der Waals surface area contributed by atoms with Crippen molar-refractivity contribution in [3.63, 3.8) is 0 Å². The molecule has 0 fully saturated rings. The van der Waals surface area contributed by atoms with Crippen LogP contribution in [0.2, 0.25) is 0 Å². The molecule has 0 bridgehead atoms. The van der Waals surface area contributed by atoms with Gasteiger partial charge in [0, 0.05) is 57.8 Å². The summed E-state index contributed by atoms with van der Waals surface area (Å²) >= 11 is 1.62. The van der Waals surface area contributed by atoms with Crippen LogP contribution in [-0.2, 0) is 105 Å². The maximum absolute atomic E-state index is 14.2. The second-order valence-electron chi connectivity index (χ2n) is 40.2. The number of aromatic nitrogens is 5. The lowest BCUT2D eigenvalue weighted by Gasteiger charge is -2.31. The standard InChI is InChI=1S/C31H42NO7P.C23H26NO7P.C23H25NO3.C22H23NO3.C20H21NO2S/c1-9-17-36-26-18-22-11-10-12-24(22)27-28(26)32(19-25(29(27)33)21-13-15-23(35-8)16-14-21)20-37-40(34,38-30(2,3)4)39-31(5,6)7;1-3-11-30-20-12-16-5-4-6-18(16)21-22(20)24(14-31-32(26,27)28)13-19(23(21)25)15-7-9-17(29-2)10-8-15;1-4-12-27-19-13-16-6-5-7-18(16)21-22(19)24-14(2)20(23(21)25)15-8-10-17(26-3)11-9-15;1-3-11-26-19-12-15-5-4-6-17(15)20-21(19)23-13-18(22(20)24)14-7-9-16(25-2)10-8-14;1-3-8-23-16-10-13-5-4-6-15(13)18-19(16)21-12(2)17(20(18)22)14-7-9-24-11-14/h13-16,18-19H,9-12,17,20H2,1-8H3;7-10,12-13H,3-6,11,14H2,1-2H3,(H2,26,27,28);8-11,13H,4-7,12H2,1-3H3,(H,24,25);7-10,12-13H,3-6,11H2,1-2H3,(H,23,24);7,9-11H,3-6,8H2,1-2H3,(H,21,22). The summed E-state index contributed by atoms with van der Waals surface area (Å²) in [4.78, 5) is 97.0. The lowest BCUT2D eigenvalue weighted by atomic mass is 9.96. The van der Waals surface area contributed by atoms with Crippen molar-refractivity contribution in [1.29, 1.82) is 0 Å². The summed E-state index contributed by atoms with van der Waals surface area (Å²) in [6, 6.07) is 42.1. The first-order valence-electron chi connectivity index (χ1n) is 51.8. The van der Waals surface area contributed by atoms with Gasteiger partial charge in [-0.15, -0.1) is 0 Å². The predicted octanol–water partition coefficient (Wildman–Crippen LogP) is 25.8. The molecule has 6 heterocycles. The molecular formula is C119H137N5O22P2S. The van der Waals surface area contributed by atoms with E-state index in [9.17, 15) is 42.9 Å². The zero-order chi connectivity index (χ0) is 106. The summed E-state index contributed by atoms with van der Waals surface area (Å²) in [5.41, 5.74) is 22.9. The zero-order valence-corrected chi connectivity index (χ0v) is 91.0. The van der Waals surface area contributed by atoms with Gasteiger partial charge in [-0.2, -0.15) is 11.3 Å². The zero-order valence-electron chi connectivity index (χ0n) is 88.4. The van der Waals surface area contributed by atoms with Gasteiger partial charge in [0.05, 0.1) is 127 Å². The van der Waals surface area contributed by atoms with E-state index in [-0.39, 0.29) is 33.9 Å². The van der Waals surface area contributed by atoms with Gasteiger partial charge in [-0.05, 0) is 363 Å². The number of ether oxygens (including phenoxy) is 9. The average Bonchev–Trinajstić information content (AvgIpc) is 1.73. The van der Waals surface area contributed by atoms with Crippen LogP contribution in [0.25, 0.3) is 110 Å². The third-order valence-electron chi connectivity index (χ3n) is 27.2. The van der Waals surface area contributed by atoms with Crippen molar-refractivity contribution in [3.8, 4) is 107 Å². The number of H-pyrrole nitrogens is 3. The molecule has 20 rings (SSSR count). The highest BCUT2D eigenvalue weighted by Gasteiger charge is 2.39. The van der Waals surface area contributed by atoms with Crippen molar-refractivity contribution in [2.75, 3.05) is 61.5 Å². The minimum Gasteiger partial charge on any atom is -0.497 e. The molecule has 0 saturated carbocycles. The van der Waals surface area contributed by atoms with Crippen molar-refractivity contribution in [2.24, 2.45) is 0 Å². The molecule has 15 aromatic rings. The largest absolute Gasteiger partial charge is 0.497 e. The van der Waals surface area contributed by atoms with Crippen molar-refractivity contribution in [1.82, 2.24) is 24.1 Å². The van der Waals surface area contributed by atoms with Crippen LogP contribution in [0.1, 0.15) is 207 Å². The number of methoxy groups -OCH3 is 4. The highest BCUT2D eigenvalue weighted by atomic mass is 32.1. The van der Waals surface area contributed by atoms with E-state index in [1.165, 1.54) is 33.4 Å². The van der Waals surface area contributed by atoms with Crippen LogP contribution in [0.5, 0.6) is 51.7 Å². The number of rotatable bonds is 32. The predicted molar refractivity (Wildman–Crippen MR) is 593 cm³/mol. The topological polar surface area (TPSA) is 337 Å². The maximum Gasteiger partial charge on any atom is 0.477 e. The highest BCUT2D eigenvalue weighted by molar-refractivity contribution is 7.48. The van der Waals surface area contributed by atoms with Crippen molar-refractivity contribution in [3.05, 3.63) is 281 Å². The van der Waals surface area contributed by atoms with Crippen LogP contribution >= 0.6 is 27.0 Å². The summed E-state index contributed by atoms with van der Waals surface area (Å²) in [6.45, 7) is 27.3. The molecule has 149 heavy (non-hydrogen) atoms. The molecule has 0 unspecified atom stereocenters. The van der Waals surface area contributed by atoms with Gasteiger partial charge in [0.1, 0.15) is 65.2 Å². The number of nitrogens with zero attached hydrogens (tertiary/aromatic N) is 2. The molecule has 786 valence electrons. The van der Waals surface area contributed by atoms with Crippen molar-refractivity contribution < 1.29 is 79.6 Å². The van der Waals surface area contributed by atoms with Crippen LogP contribution in [0.4, 0.5) is 0 Å². The first-order valence-corrected chi connectivity index (χ1v) is 55.7. The molecule has 0 spiro atoms. The van der Waals surface area contributed by atoms with Crippen molar-refractivity contribution >= 4 is 81.5 Å². The number of aryl methyl sites for hydroxylation is 12. The molecule has 0 saturated heterocycles.